The zero-order valence-electron chi connectivity index (χ0n) is 29.9. The topological polar surface area (TPSA) is 18.5 Å². The first kappa shape index (κ1) is 34.3. The van der Waals surface area contributed by atoms with E-state index in [1.165, 1.54) is 41.5 Å². The Kier molecular flexibility index (Phi) is 9.16. The molecule has 2 nitrogen and oxygen atoms in total. The van der Waals surface area contributed by atoms with E-state index in [2.05, 4.69) is 243 Å². The molecule has 0 bridgehead atoms. The highest BCUT2D eigenvalue weighted by Crippen LogP contribution is 2.39. The lowest BCUT2D eigenvalue weighted by Crippen LogP contribution is -3.03. The highest BCUT2D eigenvalue weighted by molar-refractivity contribution is 7.67. The van der Waals surface area contributed by atoms with Gasteiger partial charge in [0.05, 0.1) is 0 Å². The standard InChI is InChI=1S/C48H40O2Si4/c1-9-25-41(26-10-1)51(42-27-11-2-12-28-42)49-53(45-33-17-5-18-34-45,46-35-19-6-20-36-46)54(47-37-21-7-22-38-47,48-39-23-8-24-40-48)50-52(51,43-29-13-3-14-30-43)44-31-15-4-16-32-44/h1-40H. The molecule has 0 atom stereocenters. The van der Waals surface area contributed by atoms with E-state index in [0.717, 1.165) is 0 Å². The molecule has 0 amide bonds. The quantitative estimate of drug-likeness (QED) is 0.198. The summed E-state index contributed by atoms with van der Waals surface area (Å²) in [6, 6.07) is 89.2. The molecular weight excluding hydrogens is 721 g/mol. The van der Waals surface area contributed by atoms with Gasteiger partial charge in [-0.05, 0) is 41.5 Å². The third kappa shape index (κ3) is 5.18. The van der Waals surface area contributed by atoms with Crippen LogP contribution in [0.3, 0.4) is 0 Å². The summed E-state index contributed by atoms with van der Waals surface area (Å²) in [4.78, 5) is 0. The van der Waals surface area contributed by atoms with Crippen LogP contribution in [0.5, 0.6) is 0 Å². The van der Waals surface area contributed by atoms with Crippen molar-refractivity contribution < 1.29 is 8.23 Å². The predicted octanol–water partition coefficient (Wildman–Crippen LogP) is 5.23. The van der Waals surface area contributed by atoms with Crippen LogP contribution in [0.1, 0.15) is 0 Å². The molecule has 1 aliphatic heterocycles. The molecule has 9 rings (SSSR count). The fraction of sp³-hybridized carbons (Fsp3) is 0. The molecule has 6 heteroatoms. The van der Waals surface area contributed by atoms with Crippen molar-refractivity contribution in [1.29, 1.82) is 0 Å². The Hall–Kier alpha value is -5.45. The van der Waals surface area contributed by atoms with Crippen LogP contribution < -0.4 is 41.5 Å². The Labute approximate surface area is 322 Å². The molecule has 0 aliphatic carbocycles. The Balaban J connectivity index is 1.59. The molecule has 0 N–H and O–H groups in total. The molecule has 8 aromatic rings. The normalized spacial score (nSPS) is 16.6. The summed E-state index contributed by atoms with van der Waals surface area (Å²) in [6.07, 6.45) is 0. The molecule has 260 valence electrons. The molecule has 0 unspecified atom stereocenters. The number of hydrogen-bond donors (Lipinski definition) is 0. The van der Waals surface area contributed by atoms with E-state index in [-0.39, 0.29) is 0 Å². The maximum atomic E-state index is 9.13. The number of rotatable bonds is 8. The molecule has 0 aromatic heterocycles. The molecule has 1 heterocycles. The Morgan fingerprint density at radius 2 is 0.278 bits per heavy atom. The van der Waals surface area contributed by atoms with E-state index in [9.17, 15) is 0 Å². The third-order valence-corrected chi connectivity index (χ3v) is 43.7. The van der Waals surface area contributed by atoms with Gasteiger partial charge in [-0.2, -0.15) is 0 Å². The van der Waals surface area contributed by atoms with E-state index < -0.39 is 31.3 Å². The summed E-state index contributed by atoms with van der Waals surface area (Å²) in [6.45, 7) is 0. The van der Waals surface area contributed by atoms with E-state index in [1.54, 1.807) is 0 Å². The monoisotopic (exact) mass is 760 g/mol. The van der Waals surface area contributed by atoms with Gasteiger partial charge in [0.15, 0.2) is 0 Å². The van der Waals surface area contributed by atoms with Gasteiger partial charge in [-0.25, -0.2) is 0 Å². The van der Waals surface area contributed by atoms with Crippen molar-refractivity contribution in [2.24, 2.45) is 0 Å². The van der Waals surface area contributed by atoms with Gasteiger partial charge in [0, 0.05) is 0 Å². The first-order valence-electron chi connectivity index (χ1n) is 18.6. The molecule has 1 aliphatic rings. The molecule has 0 spiro atoms. The fourth-order valence-corrected chi connectivity index (χ4v) is 54.8. The third-order valence-electron chi connectivity index (χ3n) is 11.0. The lowest BCUT2D eigenvalue weighted by molar-refractivity contribution is 0.524. The summed E-state index contributed by atoms with van der Waals surface area (Å²) in [5.74, 6) is 0. The van der Waals surface area contributed by atoms with E-state index in [4.69, 9.17) is 8.23 Å². The van der Waals surface area contributed by atoms with Crippen molar-refractivity contribution in [3.05, 3.63) is 243 Å². The summed E-state index contributed by atoms with van der Waals surface area (Å²) in [5.41, 5.74) is 0. The van der Waals surface area contributed by atoms with E-state index in [1.807, 2.05) is 0 Å². The van der Waals surface area contributed by atoms with Gasteiger partial charge in [-0.3, -0.25) is 0 Å². The van der Waals surface area contributed by atoms with Crippen molar-refractivity contribution in [2.45, 2.75) is 0 Å². The summed E-state index contributed by atoms with van der Waals surface area (Å²) in [7, 11) is -14.2. The zero-order valence-corrected chi connectivity index (χ0v) is 33.9. The lowest BCUT2D eigenvalue weighted by Gasteiger charge is -2.63. The molecule has 0 radical (unpaired) electrons. The highest BCUT2D eigenvalue weighted by atomic mass is 29.4. The van der Waals surface area contributed by atoms with Crippen LogP contribution in [-0.4, -0.2) is 31.3 Å². The molecule has 1 saturated heterocycles. The molecule has 54 heavy (non-hydrogen) atoms. The average molecular weight is 761 g/mol. The first-order chi connectivity index (χ1) is 26.8. The Bertz CT molecular complexity index is 1910. The smallest absolute Gasteiger partial charge is 0.272 e. The van der Waals surface area contributed by atoms with Crippen LogP contribution in [0.2, 0.25) is 0 Å². The van der Waals surface area contributed by atoms with Crippen LogP contribution in [0, 0.1) is 0 Å². The van der Waals surface area contributed by atoms with Crippen LogP contribution >= 0.6 is 0 Å². The largest absolute Gasteiger partial charge is 0.442 e. The van der Waals surface area contributed by atoms with E-state index >= 15 is 0 Å². The number of hydrogen-bond acceptors (Lipinski definition) is 2. The fourth-order valence-electron chi connectivity index (χ4n) is 8.89. The number of benzene rings is 8. The van der Waals surface area contributed by atoms with Gasteiger partial charge in [0.25, 0.3) is 31.3 Å². The maximum Gasteiger partial charge on any atom is 0.272 e. The van der Waals surface area contributed by atoms with Gasteiger partial charge in [0.2, 0.25) is 0 Å². The van der Waals surface area contributed by atoms with Gasteiger partial charge < -0.3 is 8.23 Å². The second-order valence-corrected chi connectivity index (χ2v) is 34.0. The highest BCUT2D eigenvalue weighted by Gasteiger charge is 2.79. The minimum atomic E-state index is -3.54. The van der Waals surface area contributed by atoms with Crippen LogP contribution in [0.25, 0.3) is 0 Å². The van der Waals surface area contributed by atoms with Crippen molar-refractivity contribution in [3.8, 4) is 0 Å². The van der Waals surface area contributed by atoms with Gasteiger partial charge in [-0.15, -0.1) is 0 Å². The molecule has 1 fully saturated rings. The molecule has 0 saturated carbocycles. The molecular formula is C48H40O2Si4. The minimum absolute atomic E-state index is 1.23. The van der Waals surface area contributed by atoms with E-state index in [0.29, 0.717) is 0 Å². The van der Waals surface area contributed by atoms with Crippen molar-refractivity contribution in [3.63, 3.8) is 0 Å². The van der Waals surface area contributed by atoms with Crippen molar-refractivity contribution in [1.82, 2.24) is 0 Å². The SMILES string of the molecule is c1ccc([Si]2(c3ccccc3)O[Si](c3ccccc3)(c3ccccc3)[Si](c3ccccc3)(c3ccccc3)O[Si]2(c2ccccc2)c2ccccc2)cc1. The summed E-state index contributed by atoms with van der Waals surface area (Å²) < 4.78 is 18.3. The maximum absolute atomic E-state index is 9.13. The van der Waals surface area contributed by atoms with Crippen LogP contribution in [0.4, 0.5) is 0 Å². The minimum Gasteiger partial charge on any atom is -0.442 e. The molecule has 8 aromatic carbocycles. The Morgan fingerprint density at radius 1 is 0.167 bits per heavy atom. The summed E-state index contributed by atoms with van der Waals surface area (Å²) in [5, 5.41) is 9.80. The predicted molar refractivity (Wildman–Crippen MR) is 234 cm³/mol. The van der Waals surface area contributed by atoms with Crippen LogP contribution in [-0.2, 0) is 8.23 Å². The Morgan fingerprint density at radius 3 is 0.389 bits per heavy atom. The zero-order chi connectivity index (χ0) is 36.3. The van der Waals surface area contributed by atoms with Gasteiger partial charge in [-0.1, -0.05) is 243 Å². The van der Waals surface area contributed by atoms with Crippen molar-refractivity contribution >= 4 is 72.8 Å². The van der Waals surface area contributed by atoms with Gasteiger partial charge >= 0.3 is 0 Å². The first-order valence-corrected chi connectivity index (χ1v) is 28.2. The second kappa shape index (κ2) is 14.4. The lowest BCUT2D eigenvalue weighted by atomic mass is 10.4. The van der Waals surface area contributed by atoms with Gasteiger partial charge in [0.1, 0.15) is 0 Å². The second-order valence-electron chi connectivity index (χ2n) is 13.9. The summed E-state index contributed by atoms with van der Waals surface area (Å²) >= 11 is 0. The average Bonchev–Trinajstić information content (AvgIpc) is 3.28. The van der Waals surface area contributed by atoms with Crippen LogP contribution in [0.15, 0.2) is 243 Å². The van der Waals surface area contributed by atoms with Crippen molar-refractivity contribution in [2.75, 3.05) is 0 Å².